The van der Waals surface area contributed by atoms with Crippen molar-refractivity contribution in [3.8, 4) is 27.9 Å². The first-order valence-electron chi connectivity index (χ1n) is 15.3. The highest BCUT2D eigenvalue weighted by Crippen LogP contribution is 2.37. The van der Waals surface area contributed by atoms with E-state index in [9.17, 15) is 0 Å². The van der Waals surface area contributed by atoms with Gasteiger partial charge in [-0.25, -0.2) is 0 Å². The fourth-order valence-electron chi connectivity index (χ4n) is 4.73. The molecular formula is C40H45N. The van der Waals surface area contributed by atoms with Gasteiger partial charge in [-0.3, -0.25) is 0 Å². The molecule has 1 aromatic heterocycles. The van der Waals surface area contributed by atoms with Gasteiger partial charge in [0.15, 0.2) is 0 Å². The fraction of sp³-hybridized carbons (Fsp3) is 0.250. The van der Waals surface area contributed by atoms with Gasteiger partial charge in [0.25, 0.3) is 0 Å². The second-order valence-corrected chi connectivity index (χ2v) is 10.9. The Bertz CT molecular complexity index is 1540. The third-order valence-corrected chi connectivity index (χ3v) is 7.55. The van der Waals surface area contributed by atoms with Crippen LogP contribution in [0.1, 0.15) is 64.5 Å². The van der Waals surface area contributed by atoms with Gasteiger partial charge in [0.05, 0.1) is 11.0 Å². The molecule has 0 saturated carbocycles. The molecule has 210 valence electrons. The molecule has 5 aromatic carbocycles. The van der Waals surface area contributed by atoms with E-state index in [2.05, 4.69) is 161 Å². The maximum Gasteiger partial charge on any atom is 0.0541 e. The number of benzene rings is 5. The van der Waals surface area contributed by atoms with Crippen molar-refractivity contribution in [2.45, 2.75) is 67.2 Å². The number of fused-ring (bicyclic) bond motifs is 3. The van der Waals surface area contributed by atoms with Crippen LogP contribution >= 0.6 is 0 Å². The molecule has 0 aliphatic rings. The van der Waals surface area contributed by atoms with E-state index in [0.29, 0.717) is 0 Å². The van der Waals surface area contributed by atoms with Crippen molar-refractivity contribution in [2.24, 2.45) is 0 Å². The Balaban J connectivity index is 0.000000432. The number of aromatic nitrogens is 1. The summed E-state index contributed by atoms with van der Waals surface area (Å²) in [5.41, 5.74) is 11.2. The van der Waals surface area contributed by atoms with Gasteiger partial charge in [0, 0.05) is 16.5 Å². The number of hydrogen-bond donors (Lipinski definition) is 0. The highest BCUT2D eigenvalue weighted by atomic mass is 15.0. The van der Waals surface area contributed by atoms with Crippen LogP contribution in [0.15, 0.2) is 115 Å². The Morgan fingerprint density at radius 2 is 0.780 bits per heavy atom. The number of hydrogen-bond acceptors (Lipinski definition) is 0. The van der Waals surface area contributed by atoms with E-state index in [4.69, 9.17) is 0 Å². The zero-order valence-corrected chi connectivity index (χ0v) is 25.7. The van der Waals surface area contributed by atoms with Crippen LogP contribution in [0.4, 0.5) is 0 Å². The Morgan fingerprint density at radius 1 is 0.415 bits per heavy atom. The summed E-state index contributed by atoms with van der Waals surface area (Å²) in [5.74, 6) is 0. The molecule has 1 heterocycles. The van der Waals surface area contributed by atoms with Crippen molar-refractivity contribution >= 4 is 21.8 Å². The molecule has 0 fully saturated rings. The van der Waals surface area contributed by atoms with Crippen molar-refractivity contribution < 1.29 is 0 Å². The Morgan fingerprint density at radius 3 is 1.15 bits per heavy atom. The molecular weight excluding hydrogens is 494 g/mol. The van der Waals surface area contributed by atoms with Crippen molar-refractivity contribution in [1.29, 1.82) is 0 Å². The second kappa shape index (κ2) is 14.5. The summed E-state index contributed by atoms with van der Waals surface area (Å²) < 4.78 is 2.38. The monoisotopic (exact) mass is 539 g/mol. The van der Waals surface area contributed by atoms with E-state index in [1.54, 1.807) is 0 Å². The molecule has 6 aromatic rings. The van der Waals surface area contributed by atoms with E-state index < -0.39 is 0 Å². The molecule has 0 radical (unpaired) electrons. The molecule has 0 N–H and O–H groups in total. The molecule has 1 nitrogen and oxygen atoms in total. The predicted octanol–water partition coefficient (Wildman–Crippen LogP) is 12.3. The van der Waals surface area contributed by atoms with E-state index in [1.165, 1.54) is 86.6 Å². The van der Waals surface area contributed by atoms with Crippen LogP contribution in [-0.4, -0.2) is 4.57 Å². The summed E-state index contributed by atoms with van der Waals surface area (Å²) in [6.45, 7) is 13.0. The first kappa shape index (κ1) is 29.9. The number of aryl methyl sites for hydroxylation is 2. The fourth-order valence-corrected chi connectivity index (χ4v) is 4.73. The molecule has 0 amide bonds. The van der Waals surface area contributed by atoms with Gasteiger partial charge < -0.3 is 4.57 Å². The van der Waals surface area contributed by atoms with Crippen molar-refractivity contribution in [2.75, 3.05) is 0 Å². The SMILES string of the molecule is CCCC.CCCC.Cc1ccc(-c2ccc3c(c2)c2cc(-c4ccc(C)cc4)ccc2n3-c2ccccc2)cc1. The summed E-state index contributed by atoms with van der Waals surface area (Å²) >= 11 is 0. The number of nitrogens with zero attached hydrogens (tertiary/aromatic N) is 1. The van der Waals surface area contributed by atoms with Gasteiger partial charge in [0.2, 0.25) is 0 Å². The van der Waals surface area contributed by atoms with E-state index in [0.717, 1.165) is 0 Å². The number of para-hydroxylation sites is 1. The third kappa shape index (κ3) is 7.16. The second-order valence-electron chi connectivity index (χ2n) is 10.9. The number of unbranched alkanes of at least 4 members (excludes halogenated alkanes) is 2. The summed E-state index contributed by atoms with van der Waals surface area (Å²) in [5, 5.41) is 2.56. The van der Waals surface area contributed by atoms with E-state index in [-0.39, 0.29) is 0 Å². The predicted molar refractivity (Wildman–Crippen MR) is 182 cm³/mol. The lowest BCUT2D eigenvalue weighted by Gasteiger charge is -2.08. The summed E-state index contributed by atoms with van der Waals surface area (Å²) in [6, 6.07) is 41.9. The van der Waals surface area contributed by atoms with Gasteiger partial charge in [-0.05, 0) is 72.5 Å². The van der Waals surface area contributed by atoms with Gasteiger partial charge in [-0.2, -0.15) is 0 Å². The van der Waals surface area contributed by atoms with E-state index >= 15 is 0 Å². The smallest absolute Gasteiger partial charge is 0.0541 e. The molecule has 0 aliphatic heterocycles. The minimum Gasteiger partial charge on any atom is -0.309 e. The van der Waals surface area contributed by atoms with E-state index in [1.807, 2.05) is 0 Å². The van der Waals surface area contributed by atoms with Crippen LogP contribution in [0.5, 0.6) is 0 Å². The molecule has 0 saturated heterocycles. The molecule has 0 bridgehead atoms. The van der Waals surface area contributed by atoms with Crippen LogP contribution in [0, 0.1) is 13.8 Å². The van der Waals surface area contributed by atoms with Crippen molar-refractivity contribution in [3.63, 3.8) is 0 Å². The average molecular weight is 540 g/mol. The molecule has 0 spiro atoms. The minimum atomic E-state index is 1.18. The molecule has 1 heteroatoms. The van der Waals surface area contributed by atoms with Crippen LogP contribution in [0.2, 0.25) is 0 Å². The van der Waals surface area contributed by atoms with Crippen molar-refractivity contribution in [1.82, 2.24) is 4.57 Å². The maximum atomic E-state index is 2.38. The topological polar surface area (TPSA) is 4.93 Å². The molecule has 6 rings (SSSR count). The third-order valence-electron chi connectivity index (χ3n) is 7.55. The molecule has 0 unspecified atom stereocenters. The zero-order chi connectivity index (χ0) is 29.2. The molecule has 0 aliphatic carbocycles. The quantitative estimate of drug-likeness (QED) is 0.205. The lowest BCUT2D eigenvalue weighted by molar-refractivity contribution is 0.886. The largest absolute Gasteiger partial charge is 0.309 e. The highest BCUT2D eigenvalue weighted by Gasteiger charge is 2.14. The number of rotatable bonds is 5. The Labute approximate surface area is 247 Å². The summed E-state index contributed by atoms with van der Waals surface area (Å²) in [4.78, 5) is 0. The van der Waals surface area contributed by atoms with Crippen LogP contribution in [0.3, 0.4) is 0 Å². The van der Waals surface area contributed by atoms with Gasteiger partial charge in [-0.1, -0.05) is 143 Å². The van der Waals surface area contributed by atoms with Crippen molar-refractivity contribution in [3.05, 3.63) is 126 Å². The highest BCUT2D eigenvalue weighted by molar-refractivity contribution is 6.11. The van der Waals surface area contributed by atoms with Crippen LogP contribution in [-0.2, 0) is 0 Å². The lowest BCUT2D eigenvalue weighted by atomic mass is 9.99. The molecule has 0 atom stereocenters. The standard InChI is InChI=1S/C32H25N.2C4H10/c1-22-8-12-24(13-9-22)26-16-18-31-29(20-26)30-21-27(25-14-10-23(2)11-15-25)17-19-32(30)33(31)28-6-4-3-5-7-28;2*1-3-4-2/h3-21H,1-2H3;2*3-4H2,1-2H3. The first-order valence-corrected chi connectivity index (χ1v) is 15.3. The zero-order valence-electron chi connectivity index (χ0n) is 25.7. The summed E-state index contributed by atoms with van der Waals surface area (Å²) in [7, 11) is 0. The minimum absolute atomic E-state index is 1.18. The van der Waals surface area contributed by atoms with Gasteiger partial charge in [0.1, 0.15) is 0 Å². The first-order chi connectivity index (χ1) is 20.0. The Hall–Kier alpha value is -4.10. The van der Waals surface area contributed by atoms with Crippen LogP contribution in [0.25, 0.3) is 49.7 Å². The summed E-state index contributed by atoms with van der Waals surface area (Å²) in [6.07, 6.45) is 5.28. The average Bonchev–Trinajstić information content (AvgIpc) is 3.35. The van der Waals surface area contributed by atoms with Gasteiger partial charge >= 0.3 is 0 Å². The molecule has 41 heavy (non-hydrogen) atoms. The maximum absolute atomic E-state index is 2.38. The van der Waals surface area contributed by atoms with Crippen LogP contribution < -0.4 is 0 Å². The van der Waals surface area contributed by atoms with Gasteiger partial charge in [-0.15, -0.1) is 0 Å². The lowest BCUT2D eigenvalue weighted by Crippen LogP contribution is -1.93. The Kier molecular flexibility index (Phi) is 10.6. The normalized spacial score (nSPS) is 10.6.